The average Bonchev–Trinajstić information content (AvgIpc) is 2.78. The summed E-state index contributed by atoms with van der Waals surface area (Å²) in [4.78, 5) is 23.5. The number of aliphatic carboxylic acids is 1. The van der Waals surface area contributed by atoms with E-state index in [9.17, 15) is 9.59 Å². The third-order valence-electron chi connectivity index (χ3n) is 4.81. The van der Waals surface area contributed by atoms with Crippen molar-refractivity contribution in [3.05, 3.63) is 16.3 Å². The van der Waals surface area contributed by atoms with Crippen LogP contribution < -0.4 is 5.69 Å². The van der Waals surface area contributed by atoms with Gasteiger partial charge in [-0.15, -0.1) is 0 Å². The molecule has 1 aromatic heterocycles. The molecule has 3 fully saturated rings. The lowest BCUT2D eigenvalue weighted by Crippen LogP contribution is -2.69. The molecule has 19 heavy (non-hydrogen) atoms. The summed E-state index contributed by atoms with van der Waals surface area (Å²) >= 11 is 0. The minimum absolute atomic E-state index is 0.250. The molecular weight excluding hydrogens is 248 g/mol. The summed E-state index contributed by atoms with van der Waals surface area (Å²) in [6.45, 7) is 0. The van der Waals surface area contributed by atoms with Crippen LogP contribution in [0.2, 0.25) is 0 Å². The number of hydrogen-bond donors (Lipinski definition) is 1. The van der Waals surface area contributed by atoms with Gasteiger partial charge in [0.25, 0.3) is 0 Å². The third-order valence-corrected chi connectivity index (χ3v) is 4.81. The van der Waals surface area contributed by atoms with Gasteiger partial charge in [0, 0.05) is 6.42 Å². The van der Waals surface area contributed by atoms with Crippen LogP contribution in [0.1, 0.15) is 37.5 Å². The van der Waals surface area contributed by atoms with Crippen LogP contribution in [0, 0.1) is 16.7 Å². The highest BCUT2D eigenvalue weighted by Gasteiger charge is 2.71. The first-order valence-electron chi connectivity index (χ1n) is 6.35. The van der Waals surface area contributed by atoms with Crippen molar-refractivity contribution in [2.24, 2.45) is 5.41 Å². The van der Waals surface area contributed by atoms with Crippen molar-refractivity contribution in [1.29, 1.82) is 5.26 Å². The molecule has 0 spiro atoms. The molecule has 2 bridgehead atoms. The Morgan fingerprint density at radius 1 is 1.47 bits per heavy atom. The fraction of sp³-hybridized carbons (Fsp3) is 0.667. The summed E-state index contributed by atoms with van der Waals surface area (Å²) in [5.74, 6) is -0.417. The monoisotopic (exact) mass is 260 g/mol. The normalized spacial score (nSPS) is 37.9. The molecule has 1 aliphatic heterocycles. The summed E-state index contributed by atoms with van der Waals surface area (Å²) in [7, 11) is 0. The summed E-state index contributed by atoms with van der Waals surface area (Å²) in [6, 6.07) is 1.51. The molecule has 5 rings (SSSR count). The molecule has 1 unspecified atom stereocenters. The number of carbonyl (C=O) groups is 1. The zero-order valence-electron chi connectivity index (χ0n) is 10.2. The maximum atomic E-state index is 12.3. The van der Waals surface area contributed by atoms with Crippen molar-refractivity contribution in [3.8, 4) is 6.07 Å². The Balaban J connectivity index is 1.75. The molecule has 7 nitrogen and oxygen atoms in total. The standard InChI is InChI=1S/C12H12N4O3/c13-6-11-3-12(4-11,5-11)16-10(19)15-7(9(17)18)1-2-8(15)14-16/h7H,1-5H2,(H,17,18). The Morgan fingerprint density at radius 2 is 2.16 bits per heavy atom. The molecule has 1 aromatic rings. The molecule has 1 atom stereocenters. The van der Waals surface area contributed by atoms with Gasteiger partial charge in [-0.2, -0.15) is 10.4 Å². The molecule has 2 heterocycles. The largest absolute Gasteiger partial charge is 0.480 e. The van der Waals surface area contributed by atoms with Gasteiger partial charge < -0.3 is 5.11 Å². The summed E-state index contributed by atoms with van der Waals surface area (Å²) in [5, 5.41) is 22.4. The van der Waals surface area contributed by atoms with Crippen LogP contribution in [0.5, 0.6) is 0 Å². The van der Waals surface area contributed by atoms with E-state index in [-0.39, 0.29) is 16.6 Å². The van der Waals surface area contributed by atoms with Crippen molar-refractivity contribution in [3.63, 3.8) is 0 Å². The van der Waals surface area contributed by atoms with E-state index in [1.165, 1.54) is 9.25 Å². The van der Waals surface area contributed by atoms with Crippen molar-refractivity contribution in [2.45, 2.75) is 43.7 Å². The summed E-state index contributed by atoms with van der Waals surface area (Å²) < 4.78 is 2.75. The van der Waals surface area contributed by atoms with Gasteiger partial charge in [-0.25, -0.2) is 14.3 Å². The van der Waals surface area contributed by atoms with Crippen LogP contribution in [-0.2, 0) is 16.8 Å². The molecule has 3 saturated carbocycles. The number of nitrogens with zero attached hydrogens (tertiary/aromatic N) is 4. The van der Waals surface area contributed by atoms with E-state index in [0.29, 0.717) is 37.9 Å². The second kappa shape index (κ2) is 2.90. The number of rotatable bonds is 2. The number of aryl methyl sites for hydroxylation is 1. The van der Waals surface area contributed by atoms with Gasteiger partial charge in [-0.3, -0.25) is 4.57 Å². The molecule has 0 saturated heterocycles. The molecular formula is C12H12N4O3. The quantitative estimate of drug-likeness (QED) is 0.807. The van der Waals surface area contributed by atoms with Crippen LogP contribution in [-0.4, -0.2) is 25.4 Å². The van der Waals surface area contributed by atoms with Gasteiger partial charge in [0.05, 0.1) is 17.0 Å². The number of aromatic nitrogens is 3. The van der Waals surface area contributed by atoms with E-state index < -0.39 is 12.0 Å². The molecule has 4 aliphatic rings. The Morgan fingerprint density at radius 3 is 2.74 bits per heavy atom. The smallest absolute Gasteiger partial charge is 0.347 e. The lowest BCUT2D eigenvalue weighted by molar-refractivity contribution is -0.156. The highest BCUT2D eigenvalue weighted by atomic mass is 16.4. The van der Waals surface area contributed by atoms with Crippen LogP contribution in [0.3, 0.4) is 0 Å². The van der Waals surface area contributed by atoms with Gasteiger partial charge in [-0.1, -0.05) is 0 Å². The van der Waals surface area contributed by atoms with E-state index in [4.69, 9.17) is 10.4 Å². The van der Waals surface area contributed by atoms with E-state index in [0.717, 1.165) is 0 Å². The number of fused-ring (bicyclic) bond motifs is 1. The van der Waals surface area contributed by atoms with Crippen molar-refractivity contribution in [1.82, 2.24) is 14.3 Å². The van der Waals surface area contributed by atoms with Crippen LogP contribution >= 0.6 is 0 Å². The van der Waals surface area contributed by atoms with Crippen molar-refractivity contribution < 1.29 is 9.90 Å². The lowest BCUT2D eigenvalue weighted by Gasteiger charge is -2.65. The molecule has 0 aromatic carbocycles. The van der Waals surface area contributed by atoms with Gasteiger partial charge in [0.2, 0.25) is 0 Å². The van der Waals surface area contributed by atoms with E-state index in [1.54, 1.807) is 0 Å². The Labute approximate surface area is 108 Å². The molecule has 1 N–H and O–H groups in total. The SMILES string of the molecule is N#CC12CC(n3nc4n(c3=O)C(C(=O)O)CC4)(C1)C2. The molecule has 98 valence electrons. The van der Waals surface area contributed by atoms with Gasteiger partial charge >= 0.3 is 11.7 Å². The van der Waals surface area contributed by atoms with E-state index in [1.807, 2.05) is 0 Å². The number of carboxylic acids is 1. The zero-order chi connectivity index (χ0) is 13.4. The zero-order valence-corrected chi connectivity index (χ0v) is 10.2. The van der Waals surface area contributed by atoms with Crippen LogP contribution in [0.25, 0.3) is 0 Å². The Hall–Kier alpha value is -2.10. The molecule has 0 radical (unpaired) electrons. The maximum Gasteiger partial charge on any atom is 0.347 e. The highest BCUT2D eigenvalue weighted by molar-refractivity contribution is 5.72. The maximum absolute atomic E-state index is 12.3. The minimum atomic E-state index is -0.980. The first kappa shape index (κ1) is 10.8. The van der Waals surface area contributed by atoms with E-state index in [2.05, 4.69) is 11.2 Å². The Bertz CT molecular complexity index is 688. The third kappa shape index (κ3) is 1.06. The number of hydrogen-bond acceptors (Lipinski definition) is 4. The minimum Gasteiger partial charge on any atom is -0.480 e. The van der Waals surface area contributed by atoms with Gasteiger partial charge in [-0.05, 0) is 25.7 Å². The molecule has 0 amide bonds. The summed E-state index contributed by atoms with van der Waals surface area (Å²) in [6.07, 6.45) is 2.97. The second-order valence-electron chi connectivity index (χ2n) is 6.02. The summed E-state index contributed by atoms with van der Waals surface area (Å²) in [5.41, 5.74) is -0.890. The van der Waals surface area contributed by atoms with Crippen molar-refractivity contribution in [2.75, 3.05) is 0 Å². The van der Waals surface area contributed by atoms with Crippen molar-refractivity contribution >= 4 is 5.97 Å². The van der Waals surface area contributed by atoms with Crippen LogP contribution in [0.15, 0.2) is 4.79 Å². The number of carboxylic acid groups (broad SMARTS) is 1. The molecule has 7 heteroatoms. The number of nitriles is 1. The molecule has 3 aliphatic carbocycles. The second-order valence-corrected chi connectivity index (χ2v) is 6.02. The first-order chi connectivity index (χ1) is 9.00. The fourth-order valence-electron chi connectivity index (χ4n) is 3.92. The Kier molecular flexibility index (Phi) is 1.65. The van der Waals surface area contributed by atoms with E-state index >= 15 is 0 Å². The van der Waals surface area contributed by atoms with Crippen LogP contribution in [0.4, 0.5) is 0 Å². The first-order valence-corrected chi connectivity index (χ1v) is 6.35. The topological polar surface area (TPSA) is 101 Å². The predicted octanol–water partition coefficient (Wildman–Crippen LogP) is 0.0195. The lowest BCUT2D eigenvalue weighted by atomic mass is 9.40. The van der Waals surface area contributed by atoms with Gasteiger partial charge in [0.15, 0.2) is 0 Å². The predicted molar refractivity (Wildman–Crippen MR) is 61.4 cm³/mol. The van der Waals surface area contributed by atoms with Gasteiger partial charge in [0.1, 0.15) is 11.9 Å². The average molecular weight is 260 g/mol. The fourth-order valence-corrected chi connectivity index (χ4v) is 3.92. The highest BCUT2D eigenvalue weighted by Crippen LogP contribution is 2.70.